The normalized spacial score (nSPS) is 22.5. The Balaban J connectivity index is 1.64. The number of rotatable bonds is 4. The Bertz CT molecular complexity index is 716. The molecule has 7 heteroatoms. The first-order chi connectivity index (χ1) is 12.8. The van der Waals surface area contributed by atoms with Crippen molar-refractivity contribution in [2.24, 2.45) is 17.3 Å². The van der Waals surface area contributed by atoms with E-state index in [2.05, 4.69) is 20.8 Å². The average molecular weight is 377 g/mol. The van der Waals surface area contributed by atoms with E-state index >= 15 is 0 Å². The van der Waals surface area contributed by atoms with E-state index in [4.69, 9.17) is 14.2 Å². The first-order valence-electron chi connectivity index (χ1n) is 9.43. The van der Waals surface area contributed by atoms with Gasteiger partial charge in [-0.3, -0.25) is 14.9 Å². The quantitative estimate of drug-likeness (QED) is 0.440. The van der Waals surface area contributed by atoms with E-state index in [9.17, 15) is 14.9 Å². The van der Waals surface area contributed by atoms with Gasteiger partial charge in [0, 0.05) is 23.3 Å². The molecule has 148 valence electrons. The maximum atomic E-state index is 12.5. The van der Waals surface area contributed by atoms with Gasteiger partial charge >= 0.3 is 5.97 Å². The molecule has 2 aliphatic rings. The van der Waals surface area contributed by atoms with Gasteiger partial charge in [-0.15, -0.1) is 0 Å². The molecule has 0 spiro atoms. The Morgan fingerprint density at radius 3 is 2.59 bits per heavy atom. The van der Waals surface area contributed by atoms with Crippen LogP contribution in [0.15, 0.2) is 12.1 Å². The van der Waals surface area contributed by atoms with Gasteiger partial charge in [0.05, 0.1) is 17.4 Å². The van der Waals surface area contributed by atoms with Crippen molar-refractivity contribution in [3.8, 4) is 5.75 Å². The summed E-state index contributed by atoms with van der Waals surface area (Å²) in [5.74, 6) is 0.826. The van der Waals surface area contributed by atoms with E-state index in [-0.39, 0.29) is 43.0 Å². The number of hydrogen-bond acceptors (Lipinski definition) is 6. The largest absolute Gasteiger partial charge is 0.467 e. The minimum absolute atomic E-state index is 0.0257. The molecular weight excluding hydrogens is 350 g/mol. The zero-order valence-electron chi connectivity index (χ0n) is 16.2. The summed E-state index contributed by atoms with van der Waals surface area (Å²) < 4.78 is 16.2. The molecule has 0 atom stereocenters. The molecule has 3 rings (SSSR count). The predicted octanol–water partition coefficient (Wildman–Crippen LogP) is 4.36. The van der Waals surface area contributed by atoms with Crippen molar-refractivity contribution in [3.63, 3.8) is 0 Å². The molecule has 1 saturated carbocycles. The molecule has 0 saturated heterocycles. The molecule has 0 bridgehead atoms. The Labute approximate surface area is 159 Å². The van der Waals surface area contributed by atoms with Crippen LogP contribution >= 0.6 is 0 Å². The second kappa shape index (κ2) is 7.84. The van der Waals surface area contributed by atoms with E-state index in [0.717, 1.165) is 25.7 Å². The lowest BCUT2D eigenvalue weighted by Crippen LogP contribution is -2.29. The number of hydrogen-bond donors (Lipinski definition) is 0. The molecule has 27 heavy (non-hydrogen) atoms. The van der Waals surface area contributed by atoms with Gasteiger partial charge in [0.2, 0.25) is 0 Å². The topological polar surface area (TPSA) is 87.9 Å². The number of nitro benzene ring substituents is 1. The fourth-order valence-electron chi connectivity index (χ4n) is 3.96. The summed E-state index contributed by atoms with van der Waals surface area (Å²) in [7, 11) is 0. The summed E-state index contributed by atoms with van der Waals surface area (Å²) in [4.78, 5) is 23.2. The molecule has 7 nitrogen and oxygen atoms in total. The molecule has 0 aromatic heterocycles. The van der Waals surface area contributed by atoms with Crippen molar-refractivity contribution in [1.82, 2.24) is 0 Å². The van der Waals surface area contributed by atoms with Gasteiger partial charge in [0.15, 0.2) is 6.79 Å². The summed E-state index contributed by atoms with van der Waals surface area (Å²) >= 11 is 0. The average Bonchev–Trinajstić information content (AvgIpc) is 2.65. The van der Waals surface area contributed by atoms with Crippen LogP contribution in [-0.2, 0) is 27.5 Å². The monoisotopic (exact) mass is 377 g/mol. The third-order valence-corrected chi connectivity index (χ3v) is 5.64. The first kappa shape index (κ1) is 19.6. The smallest absolute Gasteiger partial charge is 0.309 e. The molecule has 0 amide bonds. The molecule has 1 aliphatic heterocycles. The fraction of sp³-hybridized carbons (Fsp3) is 0.650. The lowest BCUT2D eigenvalue weighted by atomic mass is 9.70. The minimum atomic E-state index is -0.464. The maximum Gasteiger partial charge on any atom is 0.309 e. The Hall–Kier alpha value is -2.15. The lowest BCUT2D eigenvalue weighted by Gasteiger charge is -2.36. The van der Waals surface area contributed by atoms with Crippen LogP contribution < -0.4 is 4.74 Å². The van der Waals surface area contributed by atoms with Crippen molar-refractivity contribution in [2.75, 3.05) is 6.79 Å². The molecule has 1 fully saturated rings. The van der Waals surface area contributed by atoms with Gasteiger partial charge in [-0.2, -0.15) is 0 Å². The fourth-order valence-corrected chi connectivity index (χ4v) is 3.96. The third kappa shape index (κ3) is 4.58. The highest BCUT2D eigenvalue weighted by atomic mass is 16.7. The highest BCUT2D eigenvalue weighted by Crippen LogP contribution is 2.40. The number of non-ortho nitro benzene ring substituents is 1. The Morgan fingerprint density at radius 1 is 1.26 bits per heavy atom. The molecule has 1 aromatic carbocycles. The summed E-state index contributed by atoms with van der Waals surface area (Å²) in [6.45, 7) is 7.03. The highest BCUT2D eigenvalue weighted by molar-refractivity contribution is 5.72. The second-order valence-electron chi connectivity index (χ2n) is 8.48. The molecule has 1 aliphatic carbocycles. The minimum Gasteiger partial charge on any atom is -0.467 e. The highest BCUT2D eigenvalue weighted by Gasteiger charge is 2.33. The Kier molecular flexibility index (Phi) is 5.69. The van der Waals surface area contributed by atoms with Gasteiger partial charge in [-0.05, 0) is 37.0 Å². The molecule has 1 heterocycles. The van der Waals surface area contributed by atoms with Crippen molar-refractivity contribution >= 4 is 11.7 Å². The molecule has 0 N–H and O–H groups in total. The van der Waals surface area contributed by atoms with E-state index in [1.165, 1.54) is 12.1 Å². The van der Waals surface area contributed by atoms with Crippen LogP contribution in [0.4, 0.5) is 5.69 Å². The van der Waals surface area contributed by atoms with Crippen molar-refractivity contribution in [1.29, 1.82) is 0 Å². The SMILES string of the molecule is CC(C)(C)C1CCC(C(=O)OCc2cc([N+](=O)[O-])cc3c2OCOC3)CC1. The lowest BCUT2D eigenvalue weighted by molar-refractivity contribution is -0.385. The van der Waals surface area contributed by atoms with Gasteiger partial charge in [-0.25, -0.2) is 0 Å². The zero-order chi connectivity index (χ0) is 19.6. The summed E-state index contributed by atoms with van der Waals surface area (Å²) in [5.41, 5.74) is 1.32. The van der Waals surface area contributed by atoms with E-state index in [1.54, 1.807) is 0 Å². The standard InChI is InChI=1S/C20H27NO6/c1-20(2,3)16-6-4-13(5-7-16)19(22)26-11-15-9-17(21(23)24)8-14-10-25-12-27-18(14)15/h8-9,13,16H,4-7,10-12H2,1-3H3. The zero-order valence-corrected chi connectivity index (χ0v) is 16.2. The van der Waals surface area contributed by atoms with E-state index < -0.39 is 4.92 Å². The van der Waals surface area contributed by atoms with Gasteiger partial charge in [0.25, 0.3) is 5.69 Å². The molecule has 0 unspecified atom stereocenters. The number of carbonyl (C=O) groups excluding carboxylic acids is 1. The van der Waals surface area contributed by atoms with Crippen molar-refractivity contribution in [3.05, 3.63) is 33.4 Å². The summed E-state index contributed by atoms with van der Waals surface area (Å²) in [5, 5.41) is 11.2. The van der Waals surface area contributed by atoms with Gasteiger partial charge < -0.3 is 14.2 Å². The van der Waals surface area contributed by atoms with Crippen LogP contribution in [0.3, 0.4) is 0 Å². The third-order valence-electron chi connectivity index (χ3n) is 5.64. The number of carbonyl (C=O) groups is 1. The van der Waals surface area contributed by atoms with Crippen LogP contribution in [0.1, 0.15) is 57.6 Å². The second-order valence-corrected chi connectivity index (χ2v) is 8.48. The van der Waals surface area contributed by atoms with E-state index in [1.807, 2.05) is 0 Å². The van der Waals surface area contributed by atoms with Crippen LogP contribution in [0, 0.1) is 27.4 Å². The maximum absolute atomic E-state index is 12.5. The Morgan fingerprint density at radius 2 is 1.96 bits per heavy atom. The summed E-state index contributed by atoms with van der Waals surface area (Å²) in [6, 6.07) is 2.85. The number of ether oxygens (including phenoxy) is 3. The number of fused-ring (bicyclic) bond motifs is 1. The van der Waals surface area contributed by atoms with E-state index in [0.29, 0.717) is 22.8 Å². The van der Waals surface area contributed by atoms with Gasteiger partial charge in [0.1, 0.15) is 12.4 Å². The summed E-state index contributed by atoms with van der Waals surface area (Å²) in [6.07, 6.45) is 3.71. The van der Waals surface area contributed by atoms with Crippen LogP contribution in [0.2, 0.25) is 0 Å². The van der Waals surface area contributed by atoms with Crippen molar-refractivity contribution in [2.45, 2.75) is 59.7 Å². The number of nitro groups is 1. The number of nitrogens with zero attached hydrogens (tertiary/aromatic N) is 1. The molecular formula is C20H27NO6. The number of esters is 1. The molecule has 0 radical (unpaired) electrons. The number of benzene rings is 1. The van der Waals surface area contributed by atoms with Crippen molar-refractivity contribution < 1.29 is 23.9 Å². The predicted molar refractivity (Wildman–Crippen MR) is 98.1 cm³/mol. The molecule has 1 aromatic rings. The van der Waals surface area contributed by atoms with Crippen LogP contribution in [0.5, 0.6) is 5.75 Å². The van der Waals surface area contributed by atoms with Gasteiger partial charge in [-0.1, -0.05) is 20.8 Å². The first-order valence-corrected chi connectivity index (χ1v) is 9.43. The van der Waals surface area contributed by atoms with Crippen LogP contribution in [-0.4, -0.2) is 17.7 Å². The van der Waals surface area contributed by atoms with Crippen LogP contribution in [0.25, 0.3) is 0 Å².